The van der Waals surface area contributed by atoms with Crippen LogP contribution >= 0.6 is 11.3 Å². The number of amides is 2. The van der Waals surface area contributed by atoms with Crippen molar-refractivity contribution in [2.24, 2.45) is 0 Å². The first-order valence-electron chi connectivity index (χ1n) is 8.70. The molecule has 0 fully saturated rings. The molecule has 0 spiro atoms. The summed E-state index contributed by atoms with van der Waals surface area (Å²) in [5.74, 6) is -0.533. The summed E-state index contributed by atoms with van der Waals surface area (Å²) in [6, 6.07) is 0. The Kier molecular flexibility index (Phi) is 4.88. The fourth-order valence-electron chi connectivity index (χ4n) is 3.16. The number of aryl methyl sites for hydroxylation is 2. The highest BCUT2D eigenvalue weighted by molar-refractivity contribution is 7.18. The summed E-state index contributed by atoms with van der Waals surface area (Å²) in [5.41, 5.74) is 0.573. The Morgan fingerprint density at radius 2 is 2.08 bits per heavy atom. The van der Waals surface area contributed by atoms with E-state index in [9.17, 15) is 14.4 Å². The van der Waals surface area contributed by atoms with Gasteiger partial charge < -0.3 is 10.2 Å². The van der Waals surface area contributed by atoms with Crippen molar-refractivity contribution in [3.05, 3.63) is 27.1 Å². The Morgan fingerprint density at radius 3 is 2.77 bits per heavy atom. The molecular formula is C18H24N4O3S. The maximum Gasteiger partial charge on any atom is 0.262 e. The summed E-state index contributed by atoms with van der Waals surface area (Å²) in [6.45, 7) is 5.48. The Bertz CT molecular complexity index is 923. The SMILES string of the molecule is CN(CC(=O)NC(C)(C)C)C(=O)Cn1cnc2sc3c(c2c1=O)CCC3. The largest absolute Gasteiger partial charge is 0.350 e. The van der Waals surface area contributed by atoms with E-state index in [1.54, 1.807) is 18.4 Å². The van der Waals surface area contributed by atoms with Crippen molar-refractivity contribution < 1.29 is 9.59 Å². The van der Waals surface area contributed by atoms with Crippen LogP contribution in [0.1, 0.15) is 37.6 Å². The van der Waals surface area contributed by atoms with E-state index in [0.717, 1.165) is 29.7 Å². The van der Waals surface area contributed by atoms with E-state index < -0.39 is 0 Å². The quantitative estimate of drug-likeness (QED) is 0.872. The zero-order chi connectivity index (χ0) is 19.1. The van der Waals surface area contributed by atoms with Crippen molar-refractivity contribution in [3.8, 4) is 0 Å². The van der Waals surface area contributed by atoms with E-state index >= 15 is 0 Å². The number of hydrogen-bond acceptors (Lipinski definition) is 5. The Hall–Kier alpha value is -2.22. The van der Waals surface area contributed by atoms with Gasteiger partial charge >= 0.3 is 0 Å². The van der Waals surface area contributed by atoms with Crippen LogP contribution in [0.2, 0.25) is 0 Å². The second-order valence-electron chi connectivity index (χ2n) is 7.76. The van der Waals surface area contributed by atoms with Gasteiger partial charge in [-0.15, -0.1) is 11.3 Å². The van der Waals surface area contributed by atoms with Gasteiger partial charge in [0.2, 0.25) is 11.8 Å². The van der Waals surface area contributed by atoms with Crippen molar-refractivity contribution in [1.82, 2.24) is 19.8 Å². The highest BCUT2D eigenvalue weighted by atomic mass is 32.1. The third-order valence-electron chi connectivity index (χ3n) is 4.32. The van der Waals surface area contributed by atoms with Crippen LogP contribution in [0.3, 0.4) is 0 Å². The number of thiophene rings is 1. The number of hydrogen-bond donors (Lipinski definition) is 1. The molecule has 26 heavy (non-hydrogen) atoms. The lowest BCUT2D eigenvalue weighted by Gasteiger charge is -2.23. The van der Waals surface area contributed by atoms with Crippen LogP contribution in [0.25, 0.3) is 10.2 Å². The number of aromatic nitrogens is 2. The average molecular weight is 376 g/mol. The second kappa shape index (κ2) is 6.83. The standard InChI is InChI=1S/C18H24N4O3S/c1-18(2,3)20-13(23)8-21(4)14(24)9-22-10-19-16-15(17(22)25)11-6-5-7-12(11)26-16/h10H,5-9H2,1-4H3,(H,20,23). The zero-order valence-electron chi connectivity index (χ0n) is 15.6. The predicted molar refractivity (Wildman–Crippen MR) is 101 cm³/mol. The molecule has 8 heteroatoms. The molecule has 0 saturated heterocycles. The van der Waals surface area contributed by atoms with Crippen LogP contribution in [0, 0.1) is 0 Å². The molecular weight excluding hydrogens is 352 g/mol. The van der Waals surface area contributed by atoms with Crippen LogP contribution < -0.4 is 10.9 Å². The molecule has 0 aromatic carbocycles. The number of nitrogens with zero attached hydrogens (tertiary/aromatic N) is 3. The van der Waals surface area contributed by atoms with E-state index in [-0.39, 0.29) is 36.0 Å². The van der Waals surface area contributed by atoms with Gasteiger partial charge in [0.15, 0.2) is 0 Å². The minimum absolute atomic E-state index is 0.0472. The summed E-state index contributed by atoms with van der Waals surface area (Å²) < 4.78 is 1.34. The van der Waals surface area contributed by atoms with Crippen molar-refractivity contribution in [2.45, 2.75) is 52.1 Å². The molecule has 0 atom stereocenters. The number of likely N-dealkylation sites (N-methyl/N-ethyl adjacent to an activating group) is 1. The first-order valence-corrected chi connectivity index (χ1v) is 9.52. The third kappa shape index (κ3) is 3.80. The third-order valence-corrected chi connectivity index (χ3v) is 5.52. The van der Waals surface area contributed by atoms with Crippen molar-refractivity contribution >= 4 is 33.4 Å². The van der Waals surface area contributed by atoms with E-state index in [1.807, 2.05) is 20.8 Å². The molecule has 140 valence electrons. The lowest BCUT2D eigenvalue weighted by molar-refractivity contribution is -0.135. The van der Waals surface area contributed by atoms with Crippen LogP contribution in [0.15, 0.2) is 11.1 Å². The molecule has 2 heterocycles. The molecule has 0 aliphatic heterocycles. The summed E-state index contributed by atoms with van der Waals surface area (Å²) in [7, 11) is 1.56. The van der Waals surface area contributed by atoms with Crippen molar-refractivity contribution in [1.29, 1.82) is 0 Å². The molecule has 0 unspecified atom stereocenters. The Labute approximate surface area is 156 Å². The molecule has 0 radical (unpaired) electrons. The molecule has 7 nitrogen and oxygen atoms in total. The average Bonchev–Trinajstić information content (AvgIpc) is 3.08. The topological polar surface area (TPSA) is 84.3 Å². The molecule has 2 aromatic heterocycles. The van der Waals surface area contributed by atoms with Crippen LogP contribution in [0.4, 0.5) is 0 Å². The van der Waals surface area contributed by atoms with E-state index in [0.29, 0.717) is 5.39 Å². The zero-order valence-corrected chi connectivity index (χ0v) is 16.4. The van der Waals surface area contributed by atoms with Crippen molar-refractivity contribution in [2.75, 3.05) is 13.6 Å². The van der Waals surface area contributed by atoms with Crippen LogP contribution in [0.5, 0.6) is 0 Å². The minimum Gasteiger partial charge on any atom is -0.350 e. The summed E-state index contributed by atoms with van der Waals surface area (Å²) >= 11 is 1.58. The van der Waals surface area contributed by atoms with Gasteiger partial charge in [0.1, 0.15) is 11.4 Å². The molecule has 0 saturated carbocycles. The van der Waals surface area contributed by atoms with Crippen LogP contribution in [-0.2, 0) is 29.0 Å². The minimum atomic E-state index is -0.355. The molecule has 0 bridgehead atoms. The summed E-state index contributed by atoms with van der Waals surface area (Å²) in [5, 5.41) is 3.48. The number of nitrogens with one attached hydrogen (secondary N) is 1. The highest BCUT2D eigenvalue weighted by Gasteiger charge is 2.23. The van der Waals surface area contributed by atoms with E-state index in [2.05, 4.69) is 10.3 Å². The number of carbonyl (C=O) groups excluding carboxylic acids is 2. The molecule has 2 aromatic rings. The number of fused-ring (bicyclic) bond motifs is 3. The molecule has 1 aliphatic carbocycles. The Balaban J connectivity index is 1.74. The number of rotatable bonds is 4. The van der Waals surface area contributed by atoms with Gasteiger partial charge in [0.25, 0.3) is 5.56 Å². The van der Waals surface area contributed by atoms with Crippen LogP contribution in [-0.4, -0.2) is 45.4 Å². The Morgan fingerprint density at radius 1 is 1.35 bits per heavy atom. The normalized spacial score (nSPS) is 13.7. The fourth-order valence-corrected chi connectivity index (χ4v) is 4.38. The smallest absolute Gasteiger partial charge is 0.262 e. The van der Waals surface area contributed by atoms with Gasteiger partial charge in [-0.3, -0.25) is 19.0 Å². The van der Waals surface area contributed by atoms with Gasteiger partial charge in [-0.05, 0) is 45.6 Å². The molecule has 2 amide bonds. The molecule has 1 N–H and O–H groups in total. The van der Waals surface area contributed by atoms with Gasteiger partial charge in [0, 0.05) is 17.5 Å². The summed E-state index contributed by atoms with van der Waals surface area (Å²) in [6.07, 6.45) is 4.39. The monoisotopic (exact) mass is 376 g/mol. The molecule has 1 aliphatic rings. The van der Waals surface area contributed by atoms with Crippen molar-refractivity contribution in [3.63, 3.8) is 0 Å². The lowest BCUT2D eigenvalue weighted by atomic mass is 10.1. The molecule has 3 rings (SSSR count). The summed E-state index contributed by atoms with van der Waals surface area (Å²) in [4.78, 5) is 44.9. The van der Waals surface area contributed by atoms with Gasteiger partial charge in [-0.1, -0.05) is 0 Å². The van der Waals surface area contributed by atoms with E-state index in [4.69, 9.17) is 0 Å². The number of carbonyl (C=O) groups is 2. The first kappa shape index (κ1) is 18.6. The highest BCUT2D eigenvalue weighted by Crippen LogP contribution is 2.34. The maximum atomic E-state index is 12.8. The fraction of sp³-hybridized carbons (Fsp3) is 0.556. The van der Waals surface area contributed by atoms with Gasteiger partial charge in [-0.25, -0.2) is 4.98 Å². The predicted octanol–water partition coefficient (Wildman–Crippen LogP) is 1.32. The van der Waals surface area contributed by atoms with E-state index in [1.165, 1.54) is 20.7 Å². The first-order chi connectivity index (χ1) is 12.2. The second-order valence-corrected chi connectivity index (χ2v) is 8.85. The van der Waals surface area contributed by atoms with Gasteiger partial charge in [0.05, 0.1) is 18.3 Å². The maximum absolute atomic E-state index is 12.8. The van der Waals surface area contributed by atoms with Gasteiger partial charge in [-0.2, -0.15) is 0 Å². The lowest BCUT2D eigenvalue weighted by Crippen LogP contribution is -2.47.